The molecule has 0 radical (unpaired) electrons. The summed E-state index contributed by atoms with van der Waals surface area (Å²) in [5, 5.41) is 14.1. The Morgan fingerprint density at radius 3 is 3.05 bits per heavy atom. The molecule has 0 atom stereocenters. The molecular weight excluding hydrogens is 266 g/mol. The highest BCUT2D eigenvalue weighted by Gasteiger charge is 2.02. The number of nitrogens with zero attached hydrogens (tertiary/aromatic N) is 3. The van der Waals surface area contributed by atoms with E-state index in [0.29, 0.717) is 24.4 Å². The Balaban J connectivity index is 1.56. The predicted molar refractivity (Wildman–Crippen MR) is 71.8 cm³/mol. The third kappa shape index (κ3) is 4.75. The number of hydrogen-bond acceptors (Lipinski definition) is 3. The van der Waals surface area contributed by atoms with Gasteiger partial charge in [0.05, 0.1) is 17.4 Å². The first-order chi connectivity index (χ1) is 9.24. The average Bonchev–Trinajstić information content (AvgIpc) is 3.04. The topological polar surface area (TPSA) is 75.6 Å². The first kappa shape index (κ1) is 13.6. The van der Waals surface area contributed by atoms with Gasteiger partial charge in [0.2, 0.25) is 5.91 Å². The molecule has 0 aromatic carbocycles. The number of amides is 1. The quantitative estimate of drug-likeness (QED) is 0.753. The van der Waals surface area contributed by atoms with Crippen LogP contribution in [0.1, 0.15) is 18.4 Å². The first-order valence-corrected chi connectivity index (χ1v) is 6.54. The van der Waals surface area contributed by atoms with Crippen molar-refractivity contribution in [2.75, 3.05) is 6.54 Å². The largest absolute Gasteiger partial charge is 0.356 e. The fourth-order valence-electron chi connectivity index (χ4n) is 1.69. The van der Waals surface area contributed by atoms with Gasteiger partial charge in [0.15, 0.2) is 0 Å². The molecule has 0 aliphatic rings. The summed E-state index contributed by atoms with van der Waals surface area (Å²) in [5.41, 5.74) is 1.04. The molecule has 2 aromatic rings. The van der Waals surface area contributed by atoms with Crippen molar-refractivity contribution in [3.8, 4) is 0 Å². The van der Waals surface area contributed by atoms with Gasteiger partial charge in [-0.2, -0.15) is 10.2 Å². The fraction of sp³-hybridized carbons (Fsp3) is 0.417. The molecule has 7 heteroatoms. The molecule has 2 N–H and O–H groups in total. The minimum absolute atomic E-state index is 0.0553. The van der Waals surface area contributed by atoms with Gasteiger partial charge in [-0.05, 0) is 18.4 Å². The van der Waals surface area contributed by atoms with Crippen molar-refractivity contribution in [3.05, 3.63) is 35.4 Å². The molecule has 0 saturated heterocycles. The van der Waals surface area contributed by atoms with E-state index in [-0.39, 0.29) is 5.91 Å². The van der Waals surface area contributed by atoms with Crippen LogP contribution < -0.4 is 5.32 Å². The second-order valence-electron chi connectivity index (χ2n) is 4.23. The van der Waals surface area contributed by atoms with Crippen LogP contribution in [0.15, 0.2) is 24.8 Å². The van der Waals surface area contributed by atoms with E-state index in [1.807, 2.05) is 0 Å². The molecule has 0 unspecified atom stereocenters. The SMILES string of the molecule is O=C(CCc1cn[nH]c1)NCCCn1cc(Cl)cn1. The van der Waals surface area contributed by atoms with Crippen LogP contribution in [-0.2, 0) is 17.8 Å². The molecular formula is C12H16ClN5O. The highest BCUT2D eigenvalue weighted by Crippen LogP contribution is 2.04. The third-order valence-corrected chi connectivity index (χ3v) is 2.88. The van der Waals surface area contributed by atoms with E-state index >= 15 is 0 Å². The fourth-order valence-corrected chi connectivity index (χ4v) is 1.85. The molecule has 0 spiro atoms. The first-order valence-electron chi connectivity index (χ1n) is 6.16. The van der Waals surface area contributed by atoms with E-state index in [0.717, 1.165) is 18.5 Å². The van der Waals surface area contributed by atoms with E-state index < -0.39 is 0 Å². The molecule has 0 aliphatic heterocycles. The zero-order valence-corrected chi connectivity index (χ0v) is 11.2. The van der Waals surface area contributed by atoms with Crippen LogP contribution in [0.5, 0.6) is 0 Å². The average molecular weight is 282 g/mol. The predicted octanol–water partition coefficient (Wildman–Crippen LogP) is 1.40. The molecule has 0 fully saturated rings. The zero-order valence-electron chi connectivity index (χ0n) is 10.5. The van der Waals surface area contributed by atoms with Crippen molar-refractivity contribution in [3.63, 3.8) is 0 Å². The second kappa shape index (κ2) is 6.94. The number of carbonyl (C=O) groups excluding carboxylic acids is 1. The van der Waals surface area contributed by atoms with Crippen LogP contribution in [0.2, 0.25) is 5.02 Å². The number of carbonyl (C=O) groups is 1. The van der Waals surface area contributed by atoms with Crippen molar-refractivity contribution in [2.45, 2.75) is 25.8 Å². The number of aromatic nitrogens is 4. The van der Waals surface area contributed by atoms with Gasteiger partial charge in [0.25, 0.3) is 0 Å². The van der Waals surface area contributed by atoms with Crippen molar-refractivity contribution in [1.82, 2.24) is 25.3 Å². The van der Waals surface area contributed by atoms with Gasteiger partial charge in [-0.1, -0.05) is 11.6 Å². The summed E-state index contributed by atoms with van der Waals surface area (Å²) in [6.07, 6.45) is 8.91. The highest BCUT2D eigenvalue weighted by atomic mass is 35.5. The Hall–Kier alpha value is -1.82. The lowest BCUT2D eigenvalue weighted by molar-refractivity contribution is -0.121. The lowest BCUT2D eigenvalue weighted by Crippen LogP contribution is -2.25. The van der Waals surface area contributed by atoms with Crippen molar-refractivity contribution in [2.24, 2.45) is 0 Å². The Morgan fingerprint density at radius 2 is 2.37 bits per heavy atom. The summed E-state index contributed by atoms with van der Waals surface area (Å²) < 4.78 is 1.76. The number of nitrogens with one attached hydrogen (secondary N) is 2. The summed E-state index contributed by atoms with van der Waals surface area (Å²) in [6, 6.07) is 0. The van der Waals surface area contributed by atoms with E-state index in [2.05, 4.69) is 20.6 Å². The molecule has 2 rings (SSSR count). The molecule has 102 valence electrons. The molecule has 6 nitrogen and oxygen atoms in total. The molecule has 0 saturated carbocycles. The van der Waals surface area contributed by atoms with Crippen molar-refractivity contribution in [1.29, 1.82) is 0 Å². The minimum atomic E-state index is 0.0553. The van der Waals surface area contributed by atoms with Crippen LogP contribution in [0.3, 0.4) is 0 Å². The molecule has 1 amide bonds. The van der Waals surface area contributed by atoms with Crippen LogP contribution >= 0.6 is 11.6 Å². The van der Waals surface area contributed by atoms with Gasteiger partial charge in [-0.3, -0.25) is 14.6 Å². The van der Waals surface area contributed by atoms with Gasteiger partial charge in [-0.25, -0.2) is 0 Å². The van der Waals surface area contributed by atoms with Crippen molar-refractivity contribution < 1.29 is 4.79 Å². The third-order valence-electron chi connectivity index (χ3n) is 2.68. The normalized spacial score (nSPS) is 10.6. The Labute approximate surface area is 116 Å². The summed E-state index contributed by atoms with van der Waals surface area (Å²) >= 11 is 5.75. The number of aryl methyl sites for hydroxylation is 2. The number of aromatic amines is 1. The summed E-state index contributed by atoms with van der Waals surface area (Å²) in [6.45, 7) is 1.39. The minimum Gasteiger partial charge on any atom is -0.356 e. The smallest absolute Gasteiger partial charge is 0.220 e. The van der Waals surface area contributed by atoms with Gasteiger partial charge < -0.3 is 5.32 Å². The lowest BCUT2D eigenvalue weighted by atomic mass is 10.2. The van der Waals surface area contributed by atoms with Crippen LogP contribution in [0.25, 0.3) is 0 Å². The monoisotopic (exact) mass is 281 g/mol. The van der Waals surface area contributed by atoms with Crippen LogP contribution in [-0.4, -0.2) is 32.4 Å². The van der Waals surface area contributed by atoms with E-state index in [4.69, 9.17) is 11.6 Å². The Kier molecular flexibility index (Phi) is 4.97. The molecule has 19 heavy (non-hydrogen) atoms. The van der Waals surface area contributed by atoms with Crippen LogP contribution in [0, 0.1) is 0 Å². The number of rotatable bonds is 7. The lowest BCUT2D eigenvalue weighted by Gasteiger charge is -2.04. The van der Waals surface area contributed by atoms with Gasteiger partial charge in [-0.15, -0.1) is 0 Å². The molecule has 2 aromatic heterocycles. The maximum Gasteiger partial charge on any atom is 0.220 e. The van der Waals surface area contributed by atoms with Crippen molar-refractivity contribution >= 4 is 17.5 Å². The molecule has 0 aliphatic carbocycles. The van der Waals surface area contributed by atoms with E-state index in [9.17, 15) is 4.79 Å². The van der Waals surface area contributed by atoms with Crippen LogP contribution in [0.4, 0.5) is 0 Å². The van der Waals surface area contributed by atoms with Gasteiger partial charge >= 0.3 is 0 Å². The molecule has 2 heterocycles. The maximum absolute atomic E-state index is 11.6. The number of hydrogen-bond donors (Lipinski definition) is 2. The standard InChI is InChI=1S/C12H16ClN5O/c13-11-8-17-18(9-11)5-1-4-14-12(19)3-2-10-6-15-16-7-10/h6-9H,1-5H2,(H,14,19)(H,15,16). The van der Waals surface area contributed by atoms with Gasteiger partial charge in [0, 0.05) is 31.9 Å². The summed E-state index contributed by atoms with van der Waals surface area (Å²) in [4.78, 5) is 11.6. The van der Waals surface area contributed by atoms with E-state index in [1.165, 1.54) is 0 Å². The highest BCUT2D eigenvalue weighted by molar-refractivity contribution is 6.30. The summed E-state index contributed by atoms with van der Waals surface area (Å²) in [7, 11) is 0. The number of halogens is 1. The maximum atomic E-state index is 11.6. The number of H-pyrrole nitrogens is 1. The molecule has 0 bridgehead atoms. The Bertz CT molecular complexity index is 508. The Morgan fingerprint density at radius 1 is 1.47 bits per heavy atom. The second-order valence-corrected chi connectivity index (χ2v) is 4.67. The summed E-state index contributed by atoms with van der Waals surface area (Å²) in [5.74, 6) is 0.0553. The van der Waals surface area contributed by atoms with E-state index in [1.54, 1.807) is 29.5 Å². The van der Waals surface area contributed by atoms with Gasteiger partial charge in [0.1, 0.15) is 0 Å². The zero-order chi connectivity index (χ0) is 13.5.